The van der Waals surface area contributed by atoms with E-state index in [1.54, 1.807) is 42.5 Å². The number of hydrogen-bond acceptors (Lipinski definition) is 4. The van der Waals surface area contributed by atoms with E-state index >= 15 is 0 Å². The molecule has 0 heterocycles. The summed E-state index contributed by atoms with van der Waals surface area (Å²) in [6.07, 6.45) is 2.96. The van der Waals surface area contributed by atoms with Crippen molar-refractivity contribution in [3.8, 4) is 11.5 Å². The molecule has 0 aliphatic rings. The second-order valence-corrected chi connectivity index (χ2v) is 4.34. The summed E-state index contributed by atoms with van der Waals surface area (Å²) in [6, 6.07) is 11.9. The van der Waals surface area contributed by atoms with E-state index in [9.17, 15) is 9.90 Å². The minimum Gasteiger partial charge on any atom is -0.504 e. The Morgan fingerprint density at radius 3 is 2.71 bits per heavy atom. The average Bonchev–Trinajstić information content (AvgIpc) is 2.48. The number of methoxy groups -OCH3 is 1. The van der Waals surface area contributed by atoms with Crippen LogP contribution in [-0.2, 0) is 4.79 Å². The van der Waals surface area contributed by atoms with Crippen molar-refractivity contribution in [2.45, 2.75) is 0 Å². The van der Waals surface area contributed by atoms with Gasteiger partial charge in [0.2, 0.25) is 5.91 Å². The maximum Gasteiger partial charge on any atom is 0.248 e. The summed E-state index contributed by atoms with van der Waals surface area (Å²) in [4.78, 5) is 11.8. The van der Waals surface area contributed by atoms with Crippen LogP contribution in [0.3, 0.4) is 0 Å². The number of para-hydroxylation sites is 2. The number of hydrogen-bond donors (Lipinski definition) is 3. The highest BCUT2D eigenvalue weighted by Gasteiger charge is 2.03. The Bertz CT molecular complexity index is 681. The van der Waals surface area contributed by atoms with E-state index in [-0.39, 0.29) is 11.7 Å². The van der Waals surface area contributed by atoms with Crippen molar-refractivity contribution >= 4 is 23.4 Å². The summed E-state index contributed by atoms with van der Waals surface area (Å²) < 4.78 is 4.95. The number of nitrogen functional groups attached to an aromatic ring is 1. The van der Waals surface area contributed by atoms with Crippen molar-refractivity contribution in [3.63, 3.8) is 0 Å². The van der Waals surface area contributed by atoms with Gasteiger partial charge in [-0.3, -0.25) is 4.79 Å². The molecule has 5 heteroatoms. The van der Waals surface area contributed by atoms with Crippen molar-refractivity contribution in [2.75, 3.05) is 18.2 Å². The topological polar surface area (TPSA) is 84.6 Å². The largest absolute Gasteiger partial charge is 0.504 e. The monoisotopic (exact) mass is 284 g/mol. The predicted molar refractivity (Wildman–Crippen MR) is 83.2 cm³/mol. The second kappa shape index (κ2) is 6.47. The third kappa shape index (κ3) is 3.76. The molecule has 5 nitrogen and oxygen atoms in total. The number of anilines is 2. The third-order valence-corrected chi connectivity index (χ3v) is 2.85. The first-order chi connectivity index (χ1) is 10.1. The minimum atomic E-state index is -0.303. The highest BCUT2D eigenvalue weighted by atomic mass is 16.5. The molecule has 1 amide bonds. The lowest BCUT2D eigenvalue weighted by atomic mass is 10.2. The predicted octanol–water partition coefficient (Wildman–Crippen LogP) is 2.63. The fourth-order valence-corrected chi connectivity index (χ4v) is 1.77. The molecule has 0 aliphatic heterocycles. The zero-order chi connectivity index (χ0) is 15.2. The summed E-state index contributed by atoms with van der Waals surface area (Å²) in [6.45, 7) is 0. The van der Waals surface area contributed by atoms with Gasteiger partial charge < -0.3 is 20.9 Å². The summed E-state index contributed by atoms with van der Waals surface area (Å²) in [7, 11) is 1.47. The normalized spacial score (nSPS) is 10.5. The van der Waals surface area contributed by atoms with E-state index in [0.29, 0.717) is 22.7 Å². The smallest absolute Gasteiger partial charge is 0.248 e. The van der Waals surface area contributed by atoms with E-state index in [1.807, 2.05) is 0 Å². The summed E-state index contributed by atoms with van der Waals surface area (Å²) in [5, 5.41) is 12.3. The van der Waals surface area contributed by atoms with E-state index in [1.165, 1.54) is 19.3 Å². The number of carbonyl (C=O) groups is 1. The van der Waals surface area contributed by atoms with Crippen LogP contribution in [0, 0.1) is 0 Å². The lowest BCUT2D eigenvalue weighted by Crippen LogP contribution is -2.09. The summed E-state index contributed by atoms with van der Waals surface area (Å²) in [5.41, 5.74) is 7.49. The minimum absolute atomic E-state index is 0.0207. The van der Waals surface area contributed by atoms with Gasteiger partial charge in [-0.15, -0.1) is 0 Å². The fraction of sp³-hybridized carbons (Fsp3) is 0.0625. The quantitative estimate of drug-likeness (QED) is 0.595. The van der Waals surface area contributed by atoms with Gasteiger partial charge in [0.05, 0.1) is 18.5 Å². The molecule has 0 atom stereocenters. The van der Waals surface area contributed by atoms with Gasteiger partial charge in [0, 0.05) is 6.08 Å². The van der Waals surface area contributed by atoms with Crippen molar-refractivity contribution < 1.29 is 14.6 Å². The second-order valence-electron chi connectivity index (χ2n) is 4.34. The van der Waals surface area contributed by atoms with Crippen LogP contribution >= 0.6 is 0 Å². The molecule has 0 aromatic heterocycles. The molecule has 0 bridgehead atoms. The van der Waals surface area contributed by atoms with Gasteiger partial charge in [-0.05, 0) is 35.9 Å². The Kier molecular flexibility index (Phi) is 4.46. The Labute approximate surface area is 122 Å². The van der Waals surface area contributed by atoms with Gasteiger partial charge >= 0.3 is 0 Å². The number of rotatable bonds is 4. The lowest BCUT2D eigenvalue weighted by Gasteiger charge is -2.05. The van der Waals surface area contributed by atoms with Crippen LogP contribution in [0.5, 0.6) is 11.5 Å². The number of phenolic OH excluding ortho intramolecular Hbond substituents is 1. The molecule has 0 spiro atoms. The van der Waals surface area contributed by atoms with E-state index in [0.717, 1.165) is 0 Å². The molecule has 108 valence electrons. The van der Waals surface area contributed by atoms with Crippen molar-refractivity contribution in [1.29, 1.82) is 0 Å². The molecule has 0 saturated heterocycles. The Morgan fingerprint density at radius 1 is 1.29 bits per heavy atom. The van der Waals surface area contributed by atoms with Crippen LogP contribution < -0.4 is 15.8 Å². The molecular weight excluding hydrogens is 268 g/mol. The number of amides is 1. The Hall–Kier alpha value is -2.95. The molecule has 0 radical (unpaired) electrons. The van der Waals surface area contributed by atoms with E-state index in [2.05, 4.69) is 5.32 Å². The van der Waals surface area contributed by atoms with Crippen LogP contribution in [0.4, 0.5) is 11.4 Å². The number of phenols is 1. The number of benzene rings is 2. The molecule has 0 aliphatic carbocycles. The number of ether oxygens (including phenoxy) is 1. The zero-order valence-corrected chi connectivity index (χ0v) is 11.5. The standard InChI is InChI=1S/C16H16N2O3/c1-21-15-8-6-11(10-14(15)19)7-9-16(20)18-13-5-3-2-4-12(13)17/h2-10,19H,17H2,1H3,(H,18,20)/b9-7+. The number of aromatic hydroxyl groups is 1. The molecular formula is C16H16N2O3. The average molecular weight is 284 g/mol. The first-order valence-electron chi connectivity index (χ1n) is 6.30. The maximum atomic E-state index is 11.8. The van der Waals surface area contributed by atoms with Crippen LogP contribution in [0.2, 0.25) is 0 Å². The van der Waals surface area contributed by atoms with Crippen LogP contribution in [0.15, 0.2) is 48.5 Å². The maximum absolute atomic E-state index is 11.8. The molecule has 21 heavy (non-hydrogen) atoms. The number of nitrogens with one attached hydrogen (secondary N) is 1. The number of carbonyl (C=O) groups excluding carboxylic acids is 1. The SMILES string of the molecule is COc1ccc(/C=C/C(=O)Nc2ccccc2N)cc1O. The summed E-state index contributed by atoms with van der Waals surface area (Å²) in [5.74, 6) is 0.101. The Morgan fingerprint density at radius 2 is 2.05 bits per heavy atom. The van der Waals surface area contributed by atoms with E-state index in [4.69, 9.17) is 10.5 Å². The highest BCUT2D eigenvalue weighted by molar-refractivity contribution is 6.03. The van der Waals surface area contributed by atoms with Gasteiger partial charge in [-0.1, -0.05) is 18.2 Å². The van der Waals surface area contributed by atoms with Gasteiger partial charge in [-0.25, -0.2) is 0 Å². The third-order valence-electron chi connectivity index (χ3n) is 2.85. The van der Waals surface area contributed by atoms with Crippen molar-refractivity contribution in [2.24, 2.45) is 0 Å². The fourth-order valence-electron chi connectivity index (χ4n) is 1.77. The van der Waals surface area contributed by atoms with Crippen LogP contribution in [-0.4, -0.2) is 18.1 Å². The van der Waals surface area contributed by atoms with Crippen molar-refractivity contribution in [3.05, 3.63) is 54.1 Å². The van der Waals surface area contributed by atoms with Gasteiger partial charge in [0.15, 0.2) is 11.5 Å². The first-order valence-corrected chi connectivity index (χ1v) is 6.30. The van der Waals surface area contributed by atoms with E-state index < -0.39 is 0 Å². The Balaban J connectivity index is 2.05. The zero-order valence-electron chi connectivity index (χ0n) is 11.5. The highest BCUT2D eigenvalue weighted by Crippen LogP contribution is 2.26. The summed E-state index contributed by atoms with van der Waals surface area (Å²) >= 11 is 0. The molecule has 4 N–H and O–H groups in total. The van der Waals surface area contributed by atoms with Gasteiger partial charge in [0.1, 0.15) is 0 Å². The molecule has 0 saturated carbocycles. The first kappa shape index (κ1) is 14.5. The number of nitrogens with two attached hydrogens (primary N) is 1. The van der Waals surface area contributed by atoms with Crippen LogP contribution in [0.25, 0.3) is 6.08 Å². The molecule has 0 fully saturated rings. The van der Waals surface area contributed by atoms with Gasteiger partial charge in [0.25, 0.3) is 0 Å². The van der Waals surface area contributed by atoms with Gasteiger partial charge in [-0.2, -0.15) is 0 Å². The lowest BCUT2D eigenvalue weighted by molar-refractivity contribution is -0.111. The molecule has 2 rings (SSSR count). The van der Waals surface area contributed by atoms with Crippen LogP contribution in [0.1, 0.15) is 5.56 Å². The molecule has 2 aromatic rings. The van der Waals surface area contributed by atoms with Crippen molar-refractivity contribution in [1.82, 2.24) is 0 Å². The molecule has 0 unspecified atom stereocenters. The molecule has 2 aromatic carbocycles.